The van der Waals surface area contributed by atoms with Crippen LogP contribution in [0.2, 0.25) is 5.02 Å². The second kappa shape index (κ2) is 7.66. The quantitative estimate of drug-likeness (QED) is 0.842. The third-order valence-electron chi connectivity index (χ3n) is 3.16. The van der Waals surface area contributed by atoms with Gasteiger partial charge in [-0.25, -0.2) is 0 Å². The van der Waals surface area contributed by atoms with E-state index in [0.717, 1.165) is 5.56 Å². The second-order valence-electron chi connectivity index (χ2n) is 5.69. The normalized spacial score (nSPS) is 11.3. The van der Waals surface area contributed by atoms with E-state index in [9.17, 15) is 9.90 Å². The highest BCUT2D eigenvalue weighted by molar-refractivity contribution is 6.32. The fourth-order valence-corrected chi connectivity index (χ4v) is 2.40. The summed E-state index contributed by atoms with van der Waals surface area (Å²) in [7, 11) is 1.57. The summed E-state index contributed by atoms with van der Waals surface area (Å²) in [6, 6.07) is 5.53. The number of carbonyl (C=O) groups excluding carboxylic acids is 1. The van der Waals surface area contributed by atoms with Crippen molar-refractivity contribution in [2.45, 2.75) is 39.2 Å². The van der Waals surface area contributed by atoms with Gasteiger partial charge in [0.05, 0.1) is 17.7 Å². The molecule has 0 heterocycles. The van der Waals surface area contributed by atoms with Gasteiger partial charge in [-0.3, -0.25) is 4.79 Å². The number of ether oxygens (including phenoxy) is 1. The number of hydrogen-bond acceptors (Lipinski definition) is 3. The predicted molar refractivity (Wildman–Crippen MR) is 84.9 cm³/mol. The summed E-state index contributed by atoms with van der Waals surface area (Å²) in [6.45, 7) is 6.24. The number of halogens is 1. The molecule has 0 spiro atoms. The largest absolute Gasteiger partial charge is 0.495 e. The molecule has 0 fully saturated rings. The first-order valence-electron chi connectivity index (χ1n) is 7.09. The fraction of sp³-hybridized carbons (Fsp3) is 0.562. The molecule has 0 radical (unpaired) electrons. The molecular weight excluding hydrogens is 290 g/mol. The molecule has 4 nitrogen and oxygen atoms in total. The lowest BCUT2D eigenvalue weighted by atomic mass is 10.1. The van der Waals surface area contributed by atoms with E-state index in [2.05, 4.69) is 0 Å². The molecule has 1 N–H and O–H groups in total. The van der Waals surface area contributed by atoms with Crippen LogP contribution in [0.1, 0.15) is 32.8 Å². The molecule has 0 aliphatic carbocycles. The Kier molecular flexibility index (Phi) is 6.49. The number of aryl methyl sites for hydroxylation is 1. The van der Waals surface area contributed by atoms with Crippen molar-refractivity contribution in [3.05, 3.63) is 28.8 Å². The van der Waals surface area contributed by atoms with Crippen molar-refractivity contribution in [1.29, 1.82) is 0 Å². The van der Waals surface area contributed by atoms with Crippen LogP contribution in [0.4, 0.5) is 0 Å². The van der Waals surface area contributed by atoms with E-state index in [1.54, 1.807) is 31.9 Å². The van der Waals surface area contributed by atoms with Gasteiger partial charge in [0, 0.05) is 19.5 Å². The topological polar surface area (TPSA) is 49.8 Å². The maximum Gasteiger partial charge on any atom is 0.222 e. The molecule has 0 atom stereocenters. The SMILES string of the molecule is CCN(CC(C)(C)O)C(=O)CCc1ccc(OC)c(Cl)c1. The van der Waals surface area contributed by atoms with Crippen LogP contribution >= 0.6 is 11.6 Å². The smallest absolute Gasteiger partial charge is 0.222 e. The third kappa shape index (κ3) is 5.94. The zero-order valence-electron chi connectivity index (χ0n) is 13.1. The number of nitrogens with zero attached hydrogens (tertiary/aromatic N) is 1. The molecule has 0 aliphatic rings. The number of hydrogen-bond donors (Lipinski definition) is 1. The average Bonchev–Trinajstić information content (AvgIpc) is 2.41. The van der Waals surface area contributed by atoms with Crippen molar-refractivity contribution in [1.82, 2.24) is 4.90 Å². The van der Waals surface area contributed by atoms with E-state index < -0.39 is 5.60 Å². The van der Waals surface area contributed by atoms with Crippen molar-refractivity contribution in [2.24, 2.45) is 0 Å². The van der Waals surface area contributed by atoms with Gasteiger partial charge in [0.15, 0.2) is 0 Å². The van der Waals surface area contributed by atoms with Crippen LogP contribution in [0.3, 0.4) is 0 Å². The van der Waals surface area contributed by atoms with Crippen LogP contribution in [0, 0.1) is 0 Å². The van der Waals surface area contributed by atoms with Gasteiger partial charge >= 0.3 is 0 Å². The maximum absolute atomic E-state index is 12.2. The number of rotatable bonds is 7. The number of methoxy groups -OCH3 is 1. The van der Waals surface area contributed by atoms with Gasteiger partial charge in [-0.15, -0.1) is 0 Å². The lowest BCUT2D eigenvalue weighted by molar-refractivity contribution is -0.133. The Morgan fingerprint density at radius 2 is 2.10 bits per heavy atom. The van der Waals surface area contributed by atoms with E-state index in [0.29, 0.717) is 36.7 Å². The van der Waals surface area contributed by atoms with Crippen LogP contribution in [0.15, 0.2) is 18.2 Å². The molecule has 118 valence electrons. The van der Waals surface area contributed by atoms with E-state index >= 15 is 0 Å². The summed E-state index contributed by atoms with van der Waals surface area (Å²) >= 11 is 6.07. The zero-order chi connectivity index (χ0) is 16.0. The summed E-state index contributed by atoms with van der Waals surface area (Å²) in [5, 5.41) is 10.4. The van der Waals surface area contributed by atoms with Gasteiger partial charge in [0.1, 0.15) is 5.75 Å². The van der Waals surface area contributed by atoms with Gasteiger partial charge < -0.3 is 14.7 Å². The van der Waals surface area contributed by atoms with Crippen LogP contribution in [0.25, 0.3) is 0 Å². The molecule has 1 amide bonds. The van der Waals surface area contributed by atoms with Crippen molar-refractivity contribution >= 4 is 17.5 Å². The summed E-state index contributed by atoms with van der Waals surface area (Å²) in [5.74, 6) is 0.663. The number of carbonyl (C=O) groups is 1. The first kappa shape index (κ1) is 17.8. The number of aliphatic hydroxyl groups is 1. The summed E-state index contributed by atoms with van der Waals surface area (Å²) in [6.07, 6.45) is 1.01. The monoisotopic (exact) mass is 313 g/mol. The van der Waals surface area contributed by atoms with Gasteiger partial charge in [-0.1, -0.05) is 17.7 Å². The molecule has 0 aliphatic heterocycles. The Bertz CT molecular complexity index is 483. The van der Waals surface area contributed by atoms with Gasteiger partial charge in [0.2, 0.25) is 5.91 Å². The lowest BCUT2D eigenvalue weighted by Gasteiger charge is -2.28. The second-order valence-corrected chi connectivity index (χ2v) is 6.10. The van der Waals surface area contributed by atoms with Crippen molar-refractivity contribution in [3.8, 4) is 5.75 Å². The Labute approximate surface area is 131 Å². The molecule has 0 saturated carbocycles. The Balaban J connectivity index is 2.61. The maximum atomic E-state index is 12.2. The third-order valence-corrected chi connectivity index (χ3v) is 3.45. The van der Waals surface area contributed by atoms with Crippen LogP contribution < -0.4 is 4.74 Å². The molecule has 0 bridgehead atoms. The Hall–Kier alpha value is -1.26. The molecule has 0 aromatic heterocycles. The minimum absolute atomic E-state index is 0.0339. The number of benzene rings is 1. The van der Waals surface area contributed by atoms with E-state index in [1.165, 1.54) is 0 Å². The molecule has 0 unspecified atom stereocenters. The minimum atomic E-state index is -0.880. The molecule has 1 aromatic carbocycles. The van der Waals surface area contributed by atoms with Crippen LogP contribution in [-0.4, -0.2) is 41.7 Å². The molecular formula is C16H24ClNO3. The van der Waals surface area contributed by atoms with Crippen molar-refractivity contribution < 1.29 is 14.6 Å². The van der Waals surface area contributed by atoms with Gasteiger partial charge in [-0.05, 0) is 44.9 Å². The molecule has 1 aromatic rings. The van der Waals surface area contributed by atoms with Crippen LogP contribution in [-0.2, 0) is 11.2 Å². The number of likely N-dealkylation sites (N-methyl/N-ethyl adjacent to an activating group) is 1. The van der Waals surface area contributed by atoms with Gasteiger partial charge in [0.25, 0.3) is 0 Å². The van der Waals surface area contributed by atoms with Crippen molar-refractivity contribution in [2.75, 3.05) is 20.2 Å². The standard InChI is InChI=1S/C16H24ClNO3/c1-5-18(11-16(2,3)20)15(19)9-7-12-6-8-14(21-4)13(17)10-12/h6,8,10,20H,5,7,9,11H2,1-4H3. The predicted octanol–water partition coefficient (Wildman–Crippen LogP) is 2.90. The average molecular weight is 314 g/mol. The number of amides is 1. The molecule has 0 saturated heterocycles. The zero-order valence-corrected chi connectivity index (χ0v) is 13.9. The summed E-state index contributed by atoms with van der Waals surface area (Å²) in [4.78, 5) is 13.9. The first-order valence-corrected chi connectivity index (χ1v) is 7.47. The van der Waals surface area contributed by atoms with E-state index in [1.807, 2.05) is 19.1 Å². The summed E-state index contributed by atoms with van der Waals surface area (Å²) < 4.78 is 5.10. The Morgan fingerprint density at radius 3 is 2.57 bits per heavy atom. The van der Waals surface area contributed by atoms with E-state index in [4.69, 9.17) is 16.3 Å². The highest BCUT2D eigenvalue weighted by atomic mass is 35.5. The molecule has 5 heteroatoms. The minimum Gasteiger partial charge on any atom is -0.495 e. The van der Waals surface area contributed by atoms with E-state index in [-0.39, 0.29) is 5.91 Å². The highest BCUT2D eigenvalue weighted by Crippen LogP contribution is 2.25. The highest BCUT2D eigenvalue weighted by Gasteiger charge is 2.20. The summed E-state index contributed by atoms with van der Waals surface area (Å²) in [5.41, 5.74) is 0.114. The lowest BCUT2D eigenvalue weighted by Crippen LogP contribution is -2.42. The Morgan fingerprint density at radius 1 is 1.43 bits per heavy atom. The molecule has 21 heavy (non-hydrogen) atoms. The van der Waals surface area contributed by atoms with Crippen LogP contribution in [0.5, 0.6) is 5.75 Å². The fourth-order valence-electron chi connectivity index (χ4n) is 2.12. The van der Waals surface area contributed by atoms with Crippen molar-refractivity contribution in [3.63, 3.8) is 0 Å². The first-order chi connectivity index (χ1) is 9.76. The molecule has 1 rings (SSSR count). The van der Waals surface area contributed by atoms with Gasteiger partial charge in [-0.2, -0.15) is 0 Å².